The molecule has 180 valence electrons. The average Bonchev–Trinajstić information content (AvgIpc) is 3.22. The summed E-state index contributed by atoms with van der Waals surface area (Å²) in [5.74, 6) is -0.204. The molecule has 1 aliphatic carbocycles. The van der Waals surface area contributed by atoms with Gasteiger partial charge in [-0.3, -0.25) is 0 Å². The number of pyridine rings is 2. The third-order valence-electron chi connectivity index (χ3n) is 6.04. The van der Waals surface area contributed by atoms with Crippen LogP contribution in [0.5, 0.6) is 0 Å². The molecule has 0 spiro atoms. The van der Waals surface area contributed by atoms with E-state index in [-0.39, 0.29) is 10.5 Å². The highest BCUT2D eigenvalue weighted by molar-refractivity contribution is 7.89. The van der Waals surface area contributed by atoms with Gasteiger partial charge in [0.25, 0.3) is 10.0 Å². The van der Waals surface area contributed by atoms with Gasteiger partial charge in [-0.15, -0.1) is 5.10 Å². The Balaban J connectivity index is 1.20. The summed E-state index contributed by atoms with van der Waals surface area (Å²) in [6.45, 7) is 2.00. The van der Waals surface area contributed by atoms with Crippen LogP contribution in [0, 0.1) is 5.82 Å². The lowest BCUT2D eigenvalue weighted by atomic mass is 10.2. The third-order valence-corrected chi connectivity index (χ3v) is 7.81. The maximum Gasteiger partial charge on any atom is 0.260 e. The largest absolute Gasteiger partial charge is 0.306 e. The van der Waals surface area contributed by atoms with Crippen LogP contribution in [-0.4, -0.2) is 42.2 Å². The van der Waals surface area contributed by atoms with Gasteiger partial charge in [-0.05, 0) is 43.4 Å². The summed E-state index contributed by atoms with van der Waals surface area (Å²) in [4.78, 5) is 8.51. The standard InChI is InChI=1S/C22H20ClFN8O2S/c1-13(28-35(33,34)22-21-20(24)17(23)6-7-30(21)12-25-22)18-11-32(29-27-18)10-16-9-31-8-15(14-2-3-14)4-5-19(31)26-16/h4-9,11-14,28H,2-3,10H2,1H3. The fraction of sp³-hybridized carbons (Fsp3) is 0.273. The van der Waals surface area contributed by atoms with Crippen molar-refractivity contribution in [2.45, 2.75) is 43.3 Å². The van der Waals surface area contributed by atoms with Crippen molar-refractivity contribution < 1.29 is 12.8 Å². The zero-order chi connectivity index (χ0) is 24.3. The minimum atomic E-state index is -4.18. The molecule has 0 radical (unpaired) electrons. The molecule has 5 heterocycles. The summed E-state index contributed by atoms with van der Waals surface area (Å²) < 4.78 is 47.8. The SMILES string of the molecule is CC(NS(=O)(=O)c1ncn2ccc(Cl)c(F)c12)c1cn(Cc2cn3cc(C4CC4)ccc3n2)nn1. The van der Waals surface area contributed by atoms with Crippen molar-refractivity contribution >= 4 is 32.8 Å². The van der Waals surface area contributed by atoms with Crippen LogP contribution < -0.4 is 4.72 Å². The quantitative estimate of drug-likeness (QED) is 0.356. The number of hydrogen-bond donors (Lipinski definition) is 1. The third kappa shape index (κ3) is 4.07. The van der Waals surface area contributed by atoms with Gasteiger partial charge in [0, 0.05) is 18.6 Å². The Kier molecular flexibility index (Phi) is 5.13. The molecule has 0 aromatic carbocycles. The van der Waals surface area contributed by atoms with E-state index in [4.69, 9.17) is 11.6 Å². The molecule has 1 N–H and O–H groups in total. The molecule has 0 saturated heterocycles. The molecule has 5 aromatic heterocycles. The van der Waals surface area contributed by atoms with Gasteiger partial charge in [0.1, 0.15) is 23.2 Å². The van der Waals surface area contributed by atoms with Crippen LogP contribution in [0.15, 0.2) is 54.3 Å². The molecule has 1 saturated carbocycles. The van der Waals surface area contributed by atoms with E-state index in [2.05, 4.69) is 37.3 Å². The molecular formula is C22H20ClFN8O2S. The molecule has 1 aliphatic rings. The summed E-state index contributed by atoms with van der Waals surface area (Å²) in [6, 6.07) is 4.71. The second-order valence-corrected chi connectivity index (χ2v) is 10.7. The number of nitrogens with one attached hydrogen (secondary N) is 1. The van der Waals surface area contributed by atoms with Crippen LogP contribution in [0.3, 0.4) is 0 Å². The Bertz CT molecular complexity index is 1690. The van der Waals surface area contributed by atoms with Gasteiger partial charge < -0.3 is 8.80 Å². The lowest BCUT2D eigenvalue weighted by Crippen LogP contribution is -2.27. The van der Waals surface area contributed by atoms with Crippen molar-refractivity contribution in [1.82, 2.24) is 38.5 Å². The molecule has 0 aliphatic heterocycles. The number of fused-ring (bicyclic) bond motifs is 2. The van der Waals surface area contributed by atoms with Crippen LogP contribution in [0.2, 0.25) is 5.02 Å². The second kappa shape index (κ2) is 8.11. The van der Waals surface area contributed by atoms with E-state index in [0.717, 1.165) is 11.3 Å². The highest BCUT2D eigenvalue weighted by atomic mass is 35.5. The van der Waals surface area contributed by atoms with Gasteiger partial charge in [-0.2, -0.15) is 0 Å². The first-order valence-corrected chi connectivity index (χ1v) is 12.8. The van der Waals surface area contributed by atoms with Gasteiger partial charge in [0.15, 0.2) is 10.8 Å². The molecule has 35 heavy (non-hydrogen) atoms. The van der Waals surface area contributed by atoms with E-state index < -0.39 is 26.9 Å². The normalized spacial score (nSPS) is 15.3. The highest BCUT2D eigenvalue weighted by Gasteiger charge is 2.27. The van der Waals surface area contributed by atoms with Crippen LogP contribution in [-0.2, 0) is 16.6 Å². The molecule has 6 rings (SSSR count). The van der Waals surface area contributed by atoms with Crippen molar-refractivity contribution in [2.75, 3.05) is 0 Å². The molecule has 5 aromatic rings. The maximum atomic E-state index is 14.5. The molecule has 1 fully saturated rings. The van der Waals surface area contributed by atoms with Crippen molar-refractivity contribution in [3.05, 3.63) is 77.1 Å². The van der Waals surface area contributed by atoms with Gasteiger partial charge in [-0.25, -0.2) is 32.2 Å². The number of imidazole rings is 2. The number of halogens is 2. The molecular weight excluding hydrogens is 495 g/mol. The Hall–Kier alpha value is -3.35. The summed E-state index contributed by atoms with van der Waals surface area (Å²) in [6.07, 6.45) is 10.8. The fourth-order valence-electron chi connectivity index (χ4n) is 4.09. The van der Waals surface area contributed by atoms with Gasteiger partial charge in [0.05, 0.1) is 29.5 Å². The molecule has 1 unspecified atom stereocenters. The fourth-order valence-corrected chi connectivity index (χ4v) is 5.57. The number of hydrogen-bond acceptors (Lipinski definition) is 6. The number of rotatable bonds is 7. The van der Waals surface area contributed by atoms with Crippen molar-refractivity contribution in [1.29, 1.82) is 0 Å². The molecule has 10 nitrogen and oxygen atoms in total. The highest BCUT2D eigenvalue weighted by Crippen LogP contribution is 2.39. The van der Waals surface area contributed by atoms with E-state index in [1.807, 2.05) is 16.7 Å². The minimum Gasteiger partial charge on any atom is -0.306 e. The predicted octanol–water partition coefficient (Wildman–Crippen LogP) is 3.33. The zero-order valence-corrected chi connectivity index (χ0v) is 20.1. The Morgan fingerprint density at radius 2 is 2.03 bits per heavy atom. The topological polar surface area (TPSA) is 111 Å². The first-order valence-electron chi connectivity index (χ1n) is 11.0. The lowest BCUT2D eigenvalue weighted by molar-refractivity contribution is 0.560. The monoisotopic (exact) mass is 514 g/mol. The van der Waals surface area contributed by atoms with Crippen molar-refractivity contribution in [3.63, 3.8) is 0 Å². The summed E-state index contributed by atoms with van der Waals surface area (Å²) in [5.41, 5.74) is 3.15. The molecule has 1 atom stereocenters. The van der Waals surface area contributed by atoms with Crippen molar-refractivity contribution in [2.24, 2.45) is 0 Å². The first kappa shape index (κ1) is 22.1. The van der Waals surface area contributed by atoms with Crippen LogP contribution in [0.4, 0.5) is 4.39 Å². The smallest absolute Gasteiger partial charge is 0.260 e. The Morgan fingerprint density at radius 3 is 2.83 bits per heavy atom. The second-order valence-electron chi connectivity index (χ2n) is 8.70. The van der Waals surface area contributed by atoms with Crippen LogP contribution >= 0.6 is 11.6 Å². The number of sulfonamides is 1. The average molecular weight is 515 g/mol. The lowest BCUT2D eigenvalue weighted by Gasteiger charge is -2.10. The Labute approximate surface area is 204 Å². The van der Waals surface area contributed by atoms with Crippen LogP contribution in [0.25, 0.3) is 11.2 Å². The van der Waals surface area contributed by atoms with E-state index in [1.54, 1.807) is 17.8 Å². The van der Waals surface area contributed by atoms with Gasteiger partial charge in [0.2, 0.25) is 0 Å². The first-order chi connectivity index (χ1) is 16.8. The molecule has 0 amide bonds. The molecule has 0 bridgehead atoms. The van der Waals surface area contributed by atoms with E-state index in [0.29, 0.717) is 18.2 Å². The Morgan fingerprint density at radius 1 is 1.20 bits per heavy atom. The summed E-state index contributed by atoms with van der Waals surface area (Å²) >= 11 is 5.83. The summed E-state index contributed by atoms with van der Waals surface area (Å²) in [5, 5.41) is 7.57. The van der Waals surface area contributed by atoms with Crippen LogP contribution in [0.1, 0.15) is 48.7 Å². The number of nitrogens with zero attached hydrogens (tertiary/aromatic N) is 7. The van der Waals surface area contributed by atoms with E-state index in [9.17, 15) is 12.8 Å². The van der Waals surface area contributed by atoms with Crippen molar-refractivity contribution in [3.8, 4) is 0 Å². The van der Waals surface area contributed by atoms with E-state index >= 15 is 0 Å². The number of aromatic nitrogens is 7. The summed E-state index contributed by atoms with van der Waals surface area (Å²) in [7, 11) is -4.18. The minimum absolute atomic E-state index is 0.193. The predicted molar refractivity (Wildman–Crippen MR) is 125 cm³/mol. The van der Waals surface area contributed by atoms with Gasteiger partial charge >= 0.3 is 0 Å². The van der Waals surface area contributed by atoms with E-state index in [1.165, 1.54) is 41.4 Å². The zero-order valence-electron chi connectivity index (χ0n) is 18.5. The van der Waals surface area contributed by atoms with Gasteiger partial charge in [-0.1, -0.05) is 22.9 Å². The maximum absolute atomic E-state index is 14.5. The molecule has 13 heteroatoms.